The fourth-order valence-corrected chi connectivity index (χ4v) is 2.81. The van der Waals surface area contributed by atoms with Crippen molar-refractivity contribution < 1.29 is 0 Å². The van der Waals surface area contributed by atoms with Crippen LogP contribution in [0.1, 0.15) is 18.4 Å². The number of nitrogens with zero attached hydrogens (tertiary/aromatic N) is 2. The van der Waals surface area contributed by atoms with Crippen molar-refractivity contribution in [2.45, 2.75) is 19.3 Å². The van der Waals surface area contributed by atoms with Crippen LogP contribution in [-0.4, -0.2) is 11.5 Å². The fraction of sp³-hybridized carbons (Fsp3) is 0.267. The van der Waals surface area contributed by atoms with Gasteiger partial charge in [-0.2, -0.15) is 0 Å². The molecule has 2 nitrogen and oxygen atoms in total. The van der Waals surface area contributed by atoms with Gasteiger partial charge in [0.1, 0.15) is 10.4 Å². The third kappa shape index (κ3) is 2.27. The highest BCUT2D eigenvalue weighted by atomic mass is 79.9. The van der Waals surface area contributed by atoms with Crippen molar-refractivity contribution in [3.63, 3.8) is 0 Å². The van der Waals surface area contributed by atoms with Gasteiger partial charge in [0.05, 0.1) is 0 Å². The fourth-order valence-electron chi connectivity index (χ4n) is 2.48. The molecule has 2 heterocycles. The average Bonchev–Trinajstić information content (AvgIpc) is 2.61. The molecule has 0 radical (unpaired) electrons. The van der Waals surface area contributed by atoms with Crippen LogP contribution in [0.2, 0.25) is 0 Å². The molecular weight excluding hydrogens is 288 g/mol. The summed E-state index contributed by atoms with van der Waals surface area (Å²) in [5, 5.41) is 0. The number of hydrogen-bond donors (Lipinski definition) is 0. The van der Waals surface area contributed by atoms with Crippen molar-refractivity contribution in [1.29, 1.82) is 0 Å². The molecule has 3 heteroatoms. The Hall–Kier alpha value is -1.35. The molecule has 0 fully saturated rings. The largest absolute Gasteiger partial charge is 0.326 e. The molecule has 3 rings (SSSR count). The van der Waals surface area contributed by atoms with Crippen LogP contribution in [0.4, 0.5) is 11.5 Å². The van der Waals surface area contributed by atoms with E-state index in [0.29, 0.717) is 0 Å². The van der Waals surface area contributed by atoms with Gasteiger partial charge < -0.3 is 4.90 Å². The molecule has 92 valence electrons. The molecule has 1 aromatic carbocycles. The predicted octanol–water partition coefficient (Wildman–Crippen LogP) is 4.32. The highest BCUT2D eigenvalue weighted by Crippen LogP contribution is 2.31. The first kappa shape index (κ1) is 11.7. The highest BCUT2D eigenvalue weighted by molar-refractivity contribution is 9.10. The van der Waals surface area contributed by atoms with Crippen LogP contribution in [0.3, 0.4) is 0 Å². The maximum Gasteiger partial charge on any atom is 0.134 e. The molecule has 1 aromatic heterocycles. The molecule has 1 aliphatic rings. The minimum atomic E-state index is 0.890. The summed E-state index contributed by atoms with van der Waals surface area (Å²) in [6, 6.07) is 14.7. The molecule has 0 atom stereocenters. The molecule has 0 spiro atoms. The number of aryl methyl sites for hydroxylation is 1. The van der Waals surface area contributed by atoms with Crippen LogP contribution in [0.15, 0.2) is 47.1 Å². The maximum absolute atomic E-state index is 4.58. The van der Waals surface area contributed by atoms with Crippen molar-refractivity contribution in [3.8, 4) is 0 Å². The van der Waals surface area contributed by atoms with Crippen molar-refractivity contribution in [3.05, 3.63) is 52.6 Å². The number of fused-ring (bicyclic) bond motifs is 1. The minimum Gasteiger partial charge on any atom is -0.326 e. The molecule has 0 N–H and O–H groups in total. The van der Waals surface area contributed by atoms with Crippen LogP contribution in [0.25, 0.3) is 0 Å². The summed E-state index contributed by atoms with van der Waals surface area (Å²) >= 11 is 3.45. The van der Waals surface area contributed by atoms with Gasteiger partial charge in [-0.3, -0.25) is 0 Å². The lowest BCUT2D eigenvalue weighted by Crippen LogP contribution is -2.19. The molecule has 2 aromatic rings. The molecular formula is C15H15BrN2. The van der Waals surface area contributed by atoms with Crippen LogP contribution in [0, 0.1) is 0 Å². The van der Waals surface area contributed by atoms with Crippen LogP contribution in [0.5, 0.6) is 0 Å². The van der Waals surface area contributed by atoms with Gasteiger partial charge in [-0.1, -0.05) is 24.3 Å². The van der Waals surface area contributed by atoms with E-state index in [1.807, 2.05) is 12.1 Å². The van der Waals surface area contributed by atoms with E-state index in [1.54, 1.807) is 0 Å². The SMILES string of the molecule is Brc1cccc(N2CCCCc3ccccc32)n1. The monoisotopic (exact) mass is 302 g/mol. The van der Waals surface area contributed by atoms with Gasteiger partial charge in [0, 0.05) is 12.2 Å². The van der Waals surface area contributed by atoms with Crippen molar-refractivity contribution in [2.75, 3.05) is 11.4 Å². The second-order valence-corrected chi connectivity index (χ2v) is 5.37. The third-order valence-electron chi connectivity index (χ3n) is 3.34. The number of pyridine rings is 1. The summed E-state index contributed by atoms with van der Waals surface area (Å²) < 4.78 is 0.890. The first-order valence-corrected chi connectivity index (χ1v) is 7.12. The van der Waals surface area contributed by atoms with E-state index in [2.05, 4.69) is 56.1 Å². The lowest BCUT2D eigenvalue weighted by molar-refractivity contribution is 0.757. The molecule has 0 unspecified atom stereocenters. The van der Waals surface area contributed by atoms with Gasteiger partial charge in [-0.25, -0.2) is 4.98 Å². The van der Waals surface area contributed by atoms with Crippen molar-refractivity contribution >= 4 is 27.4 Å². The van der Waals surface area contributed by atoms with Gasteiger partial charge in [-0.05, 0) is 59.0 Å². The van der Waals surface area contributed by atoms with Gasteiger partial charge in [-0.15, -0.1) is 0 Å². The Morgan fingerprint density at radius 1 is 1.00 bits per heavy atom. The van der Waals surface area contributed by atoms with Crippen molar-refractivity contribution in [2.24, 2.45) is 0 Å². The van der Waals surface area contributed by atoms with Crippen LogP contribution in [-0.2, 0) is 6.42 Å². The molecule has 0 saturated heterocycles. The Balaban J connectivity index is 2.06. The first-order chi connectivity index (χ1) is 8.84. The zero-order valence-corrected chi connectivity index (χ0v) is 11.7. The van der Waals surface area contributed by atoms with E-state index < -0.39 is 0 Å². The van der Waals surface area contributed by atoms with Gasteiger partial charge in [0.2, 0.25) is 0 Å². The van der Waals surface area contributed by atoms with E-state index in [0.717, 1.165) is 17.0 Å². The summed E-state index contributed by atoms with van der Waals surface area (Å²) in [5.41, 5.74) is 2.73. The Labute approximate surface area is 116 Å². The number of hydrogen-bond acceptors (Lipinski definition) is 2. The number of halogens is 1. The molecule has 18 heavy (non-hydrogen) atoms. The normalized spacial score (nSPS) is 15.1. The summed E-state index contributed by atoms with van der Waals surface area (Å²) in [4.78, 5) is 6.91. The average molecular weight is 303 g/mol. The van der Waals surface area contributed by atoms with Gasteiger partial charge in [0.15, 0.2) is 0 Å². The Kier molecular flexibility index (Phi) is 3.33. The topological polar surface area (TPSA) is 16.1 Å². The highest BCUT2D eigenvalue weighted by Gasteiger charge is 2.17. The number of aromatic nitrogens is 1. The lowest BCUT2D eigenvalue weighted by Gasteiger charge is -2.24. The summed E-state index contributed by atoms with van der Waals surface area (Å²) in [7, 11) is 0. The van der Waals surface area contributed by atoms with Gasteiger partial charge in [0.25, 0.3) is 0 Å². The lowest BCUT2D eigenvalue weighted by atomic mass is 10.1. The number of rotatable bonds is 1. The molecule has 0 aliphatic carbocycles. The van der Waals surface area contributed by atoms with Crippen LogP contribution < -0.4 is 4.90 Å². The van der Waals surface area contributed by atoms with E-state index in [4.69, 9.17) is 0 Å². The smallest absolute Gasteiger partial charge is 0.134 e. The number of para-hydroxylation sites is 1. The summed E-state index contributed by atoms with van der Waals surface area (Å²) in [5.74, 6) is 1.03. The second kappa shape index (κ2) is 5.11. The maximum atomic E-state index is 4.58. The summed E-state index contributed by atoms with van der Waals surface area (Å²) in [6.45, 7) is 1.04. The van der Waals surface area contributed by atoms with Gasteiger partial charge >= 0.3 is 0 Å². The minimum absolute atomic E-state index is 0.890. The van der Waals surface area contributed by atoms with Crippen LogP contribution >= 0.6 is 15.9 Å². The zero-order chi connectivity index (χ0) is 12.4. The molecule has 1 aliphatic heterocycles. The van der Waals surface area contributed by atoms with E-state index in [1.165, 1.54) is 30.5 Å². The third-order valence-corrected chi connectivity index (χ3v) is 3.78. The van der Waals surface area contributed by atoms with E-state index >= 15 is 0 Å². The van der Waals surface area contributed by atoms with E-state index in [-0.39, 0.29) is 0 Å². The second-order valence-electron chi connectivity index (χ2n) is 4.56. The molecule has 0 saturated carbocycles. The summed E-state index contributed by atoms with van der Waals surface area (Å²) in [6.07, 6.45) is 3.63. The molecule has 0 bridgehead atoms. The number of anilines is 2. The number of benzene rings is 1. The zero-order valence-electron chi connectivity index (χ0n) is 10.1. The van der Waals surface area contributed by atoms with E-state index in [9.17, 15) is 0 Å². The Morgan fingerprint density at radius 3 is 2.78 bits per heavy atom. The first-order valence-electron chi connectivity index (χ1n) is 6.32. The quantitative estimate of drug-likeness (QED) is 0.729. The predicted molar refractivity (Wildman–Crippen MR) is 78.3 cm³/mol. The van der Waals surface area contributed by atoms with Crippen molar-refractivity contribution in [1.82, 2.24) is 4.98 Å². The Bertz CT molecular complexity index is 554. The standard InChI is InChI=1S/C15H15BrN2/c16-14-9-5-10-15(17-14)18-11-4-3-7-12-6-1-2-8-13(12)18/h1-2,5-6,8-10H,3-4,7,11H2. The Morgan fingerprint density at radius 2 is 1.89 bits per heavy atom. The molecule has 0 amide bonds.